The maximum atomic E-state index is 11.6. The highest BCUT2D eigenvalue weighted by atomic mass is 16.3. The van der Waals surface area contributed by atoms with Crippen LogP contribution in [0.25, 0.3) is 0 Å². The summed E-state index contributed by atoms with van der Waals surface area (Å²) in [6.45, 7) is 2.72. The zero-order valence-electron chi connectivity index (χ0n) is 7.71. The number of aliphatic hydroxyl groups is 1. The molecule has 14 heavy (non-hydrogen) atoms. The molecule has 0 radical (unpaired) electrons. The van der Waals surface area contributed by atoms with Crippen molar-refractivity contribution in [1.29, 1.82) is 0 Å². The minimum atomic E-state index is -0.863. The van der Waals surface area contributed by atoms with Gasteiger partial charge >= 0.3 is 6.03 Å². The van der Waals surface area contributed by atoms with Crippen LogP contribution in [0.2, 0.25) is 0 Å². The number of aromatic nitrogens is 3. The number of nitrogens with zero attached hydrogens (tertiary/aromatic N) is 4. The number of urea groups is 1. The summed E-state index contributed by atoms with van der Waals surface area (Å²) < 4.78 is 0. The van der Waals surface area contributed by atoms with Crippen LogP contribution in [0.4, 0.5) is 10.7 Å². The first-order valence-electron chi connectivity index (χ1n) is 4.36. The van der Waals surface area contributed by atoms with E-state index in [1.54, 1.807) is 0 Å². The summed E-state index contributed by atoms with van der Waals surface area (Å²) in [4.78, 5) is 18.2. The molecule has 1 aromatic rings. The Hall–Kier alpha value is -1.63. The number of nitrogens with one attached hydrogen (secondary N) is 1. The predicted molar refractivity (Wildman–Crippen MR) is 47.5 cm³/mol. The van der Waals surface area contributed by atoms with Crippen molar-refractivity contribution in [3.8, 4) is 0 Å². The van der Waals surface area contributed by atoms with Crippen molar-refractivity contribution in [2.75, 3.05) is 18.0 Å². The molecular weight excluding hydrogens is 186 g/mol. The van der Waals surface area contributed by atoms with Crippen LogP contribution in [0.1, 0.15) is 6.92 Å². The van der Waals surface area contributed by atoms with Crippen molar-refractivity contribution in [3.63, 3.8) is 0 Å². The Morgan fingerprint density at radius 1 is 1.79 bits per heavy atom. The molecule has 1 saturated heterocycles. The van der Waals surface area contributed by atoms with Gasteiger partial charge in [0.25, 0.3) is 5.95 Å². The van der Waals surface area contributed by atoms with Crippen molar-refractivity contribution in [3.05, 3.63) is 6.33 Å². The van der Waals surface area contributed by atoms with Gasteiger partial charge in [0.15, 0.2) is 6.23 Å². The third kappa shape index (κ3) is 1.22. The van der Waals surface area contributed by atoms with Crippen LogP contribution in [0.15, 0.2) is 6.33 Å². The number of hydrogen-bond donors (Lipinski definition) is 2. The second kappa shape index (κ2) is 3.26. The zero-order valence-corrected chi connectivity index (χ0v) is 7.71. The third-order valence-corrected chi connectivity index (χ3v) is 2.16. The SMILES string of the molecule is CCN1CC(O)N(c2nc[nH]n2)C1=O. The van der Waals surface area contributed by atoms with E-state index in [-0.39, 0.29) is 12.0 Å². The highest BCUT2D eigenvalue weighted by Crippen LogP contribution is 2.18. The molecule has 1 aliphatic rings. The molecule has 1 atom stereocenters. The lowest BCUT2D eigenvalue weighted by Gasteiger charge is -2.14. The number of H-pyrrole nitrogens is 1. The number of β-amino-alcohol motifs (C(OH)–C–C–N with tert-alkyl or cyclic N) is 1. The van der Waals surface area contributed by atoms with Gasteiger partial charge in [-0.05, 0) is 6.92 Å². The monoisotopic (exact) mass is 197 g/mol. The summed E-state index contributed by atoms with van der Waals surface area (Å²) in [6, 6.07) is -0.264. The number of amides is 2. The van der Waals surface area contributed by atoms with E-state index >= 15 is 0 Å². The molecule has 2 heterocycles. The molecule has 7 heteroatoms. The summed E-state index contributed by atoms with van der Waals surface area (Å²) in [5.74, 6) is 0.207. The van der Waals surface area contributed by atoms with E-state index in [1.807, 2.05) is 6.92 Å². The van der Waals surface area contributed by atoms with E-state index in [9.17, 15) is 9.90 Å². The molecule has 1 aromatic heterocycles. The van der Waals surface area contributed by atoms with Crippen LogP contribution in [-0.4, -0.2) is 50.5 Å². The average Bonchev–Trinajstić information content (AvgIpc) is 2.74. The molecule has 0 spiro atoms. The van der Waals surface area contributed by atoms with Crippen LogP contribution < -0.4 is 4.90 Å². The van der Waals surface area contributed by atoms with Crippen molar-refractivity contribution >= 4 is 12.0 Å². The van der Waals surface area contributed by atoms with E-state index in [1.165, 1.54) is 16.1 Å². The molecule has 76 valence electrons. The summed E-state index contributed by atoms with van der Waals surface area (Å²) in [5, 5.41) is 15.8. The van der Waals surface area contributed by atoms with E-state index in [4.69, 9.17) is 0 Å². The van der Waals surface area contributed by atoms with Crippen molar-refractivity contribution < 1.29 is 9.90 Å². The topological polar surface area (TPSA) is 85.3 Å². The van der Waals surface area contributed by atoms with Gasteiger partial charge in [0.2, 0.25) is 0 Å². The minimum Gasteiger partial charge on any atom is -0.371 e. The van der Waals surface area contributed by atoms with E-state index in [0.29, 0.717) is 13.1 Å². The number of likely N-dealkylation sites (N-methyl/N-ethyl adjacent to an activating group) is 1. The Bertz CT molecular complexity index is 325. The molecule has 2 amide bonds. The van der Waals surface area contributed by atoms with Crippen LogP contribution in [0, 0.1) is 0 Å². The van der Waals surface area contributed by atoms with Gasteiger partial charge < -0.3 is 10.0 Å². The molecule has 1 unspecified atom stereocenters. The van der Waals surface area contributed by atoms with Gasteiger partial charge in [-0.2, -0.15) is 0 Å². The molecule has 0 aromatic carbocycles. The fourth-order valence-corrected chi connectivity index (χ4v) is 1.44. The Morgan fingerprint density at radius 3 is 3.07 bits per heavy atom. The summed E-state index contributed by atoms with van der Waals surface area (Å²) in [7, 11) is 0. The van der Waals surface area contributed by atoms with E-state index in [2.05, 4.69) is 15.2 Å². The molecule has 0 saturated carbocycles. The molecule has 2 N–H and O–H groups in total. The number of hydrogen-bond acceptors (Lipinski definition) is 4. The number of carbonyl (C=O) groups excluding carboxylic acids is 1. The Kier molecular flexibility index (Phi) is 2.08. The predicted octanol–water partition coefficient (Wildman–Crippen LogP) is -0.615. The van der Waals surface area contributed by atoms with Crippen molar-refractivity contribution in [1.82, 2.24) is 20.1 Å². The van der Waals surface area contributed by atoms with Gasteiger partial charge in [-0.3, -0.25) is 5.10 Å². The van der Waals surface area contributed by atoms with Gasteiger partial charge in [-0.1, -0.05) is 0 Å². The fourth-order valence-electron chi connectivity index (χ4n) is 1.44. The van der Waals surface area contributed by atoms with E-state index in [0.717, 1.165) is 0 Å². The van der Waals surface area contributed by atoms with Crippen LogP contribution >= 0.6 is 0 Å². The molecule has 7 nitrogen and oxygen atoms in total. The number of aliphatic hydroxyl groups excluding tert-OH is 1. The van der Waals surface area contributed by atoms with Crippen molar-refractivity contribution in [2.24, 2.45) is 0 Å². The van der Waals surface area contributed by atoms with E-state index < -0.39 is 6.23 Å². The zero-order chi connectivity index (χ0) is 10.1. The molecule has 1 fully saturated rings. The first kappa shape index (κ1) is 8.95. The van der Waals surface area contributed by atoms with Crippen LogP contribution in [0.5, 0.6) is 0 Å². The number of anilines is 1. The molecule has 0 bridgehead atoms. The fraction of sp³-hybridized carbons (Fsp3) is 0.571. The Morgan fingerprint density at radius 2 is 2.57 bits per heavy atom. The van der Waals surface area contributed by atoms with Gasteiger partial charge in [-0.15, -0.1) is 5.10 Å². The number of rotatable bonds is 2. The van der Waals surface area contributed by atoms with Gasteiger partial charge in [-0.25, -0.2) is 14.7 Å². The maximum Gasteiger partial charge on any atom is 0.329 e. The maximum absolute atomic E-state index is 11.6. The Balaban J connectivity index is 2.24. The number of carbonyl (C=O) groups is 1. The lowest BCUT2D eigenvalue weighted by molar-refractivity contribution is 0.178. The van der Waals surface area contributed by atoms with Crippen LogP contribution in [-0.2, 0) is 0 Å². The molecule has 2 rings (SSSR count). The van der Waals surface area contributed by atoms with Crippen LogP contribution in [0.3, 0.4) is 0 Å². The highest BCUT2D eigenvalue weighted by molar-refractivity contribution is 5.92. The second-order valence-corrected chi connectivity index (χ2v) is 2.97. The van der Waals surface area contributed by atoms with Gasteiger partial charge in [0.05, 0.1) is 6.54 Å². The molecule has 1 aliphatic heterocycles. The Labute approximate surface area is 80.3 Å². The standard InChI is InChI=1S/C7H11N5O2/c1-2-11-3-5(13)12(7(11)14)6-8-4-9-10-6/h4-5,13H,2-3H2,1H3,(H,8,9,10). The summed E-state index contributed by atoms with van der Waals surface area (Å²) in [5.41, 5.74) is 0. The highest BCUT2D eigenvalue weighted by Gasteiger charge is 2.37. The smallest absolute Gasteiger partial charge is 0.329 e. The average molecular weight is 197 g/mol. The third-order valence-electron chi connectivity index (χ3n) is 2.16. The lowest BCUT2D eigenvalue weighted by atomic mass is 10.5. The van der Waals surface area contributed by atoms with Gasteiger partial charge in [0, 0.05) is 6.54 Å². The minimum absolute atomic E-state index is 0.207. The first-order valence-corrected chi connectivity index (χ1v) is 4.36. The normalized spacial score (nSPS) is 22.1. The first-order chi connectivity index (χ1) is 6.74. The summed E-state index contributed by atoms with van der Waals surface area (Å²) >= 11 is 0. The number of aromatic amines is 1. The van der Waals surface area contributed by atoms with Gasteiger partial charge in [0.1, 0.15) is 6.33 Å². The quantitative estimate of drug-likeness (QED) is 0.662. The second-order valence-electron chi connectivity index (χ2n) is 2.97. The van der Waals surface area contributed by atoms with Crippen molar-refractivity contribution in [2.45, 2.75) is 13.2 Å². The molecule has 0 aliphatic carbocycles. The largest absolute Gasteiger partial charge is 0.371 e. The lowest BCUT2D eigenvalue weighted by Crippen LogP contribution is -2.35. The molecular formula is C7H11N5O2. The summed E-state index contributed by atoms with van der Waals surface area (Å²) in [6.07, 6.45) is 0.502.